The van der Waals surface area contributed by atoms with E-state index in [2.05, 4.69) is 5.32 Å². The SMILES string of the molecule is CC(C)(C)C1CS(=O)(=O)c2cc(F)ccc2N1. The Labute approximate surface area is 101 Å². The van der Waals surface area contributed by atoms with Gasteiger partial charge >= 0.3 is 0 Å². The van der Waals surface area contributed by atoms with Crippen LogP contribution in [0.5, 0.6) is 0 Å². The van der Waals surface area contributed by atoms with Gasteiger partial charge in [0.15, 0.2) is 9.84 Å². The Morgan fingerprint density at radius 2 is 2.00 bits per heavy atom. The van der Waals surface area contributed by atoms with E-state index < -0.39 is 15.7 Å². The zero-order valence-corrected chi connectivity index (χ0v) is 10.9. The third kappa shape index (κ3) is 2.29. The highest BCUT2D eigenvalue weighted by molar-refractivity contribution is 7.91. The number of halogens is 1. The zero-order valence-electron chi connectivity index (χ0n) is 10.1. The number of hydrogen-bond donors (Lipinski definition) is 1. The molecule has 0 bridgehead atoms. The average molecular weight is 257 g/mol. The topological polar surface area (TPSA) is 46.2 Å². The number of fused-ring (bicyclic) bond motifs is 1. The van der Waals surface area contributed by atoms with Crippen molar-refractivity contribution in [2.75, 3.05) is 11.1 Å². The molecule has 1 heterocycles. The molecule has 1 aliphatic heterocycles. The number of benzene rings is 1. The predicted molar refractivity (Wildman–Crippen MR) is 65.3 cm³/mol. The Morgan fingerprint density at radius 1 is 1.35 bits per heavy atom. The van der Waals surface area contributed by atoms with Gasteiger partial charge < -0.3 is 5.32 Å². The summed E-state index contributed by atoms with van der Waals surface area (Å²) >= 11 is 0. The lowest BCUT2D eigenvalue weighted by atomic mass is 9.87. The van der Waals surface area contributed by atoms with Crippen LogP contribution in [0.1, 0.15) is 20.8 Å². The van der Waals surface area contributed by atoms with Crippen molar-refractivity contribution in [1.29, 1.82) is 0 Å². The first-order valence-corrected chi connectivity index (χ1v) is 7.14. The monoisotopic (exact) mass is 257 g/mol. The highest BCUT2D eigenvalue weighted by Crippen LogP contribution is 2.34. The van der Waals surface area contributed by atoms with Crippen molar-refractivity contribution < 1.29 is 12.8 Å². The van der Waals surface area contributed by atoms with E-state index in [1.807, 2.05) is 20.8 Å². The van der Waals surface area contributed by atoms with Gasteiger partial charge in [-0.25, -0.2) is 12.8 Å². The predicted octanol–water partition coefficient (Wildman–Crippen LogP) is 2.44. The summed E-state index contributed by atoms with van der Waals surface area (Å²) in [6.45, 7) is 5.94. The minimum Gasteiger partial charge on any atom is -0.380 e. The minimum absolute atomic E-state index is 0.00690. The first-order valence-electron chi connectivity index (χ1n) is 5.49. The van der Waals surface area contributed by atoms with Crippen molar-refractivity contribution in [1.82, 2.24) is 0 Å². The molecule has 0 saturated carbocycles. The van der Waals surface area contributed by atoms with Gasteiger partial charge in [-0.1, -0.05) is 20.8 Å². The molecule has 5 heteroatoms. The molecule has 2 rings (SSSR count). The van der Waals surface area contributed by atoms with Gasteiger partial charge in [-0.2, -0.15) is 0 Å². The van der Waals surface area contributed by atoms with E-state index in [4.69, 9.17) is 0 Å². The highest BCUT2D eigenvalue weighted by atomic mass is 32.2. The molecular formula is C12H16FNO2S. The van der Waals surface area contributed by atoms with Crippen molar-refractivity contribution in [2.45, 2.75) is 31.7 Å². The Bertz CT molecular complexity index is 546. The smallest absolute Gasteiger partial charge is 0.182 e. The number of rotatable bonds is 0. The lowest BCUT2D eigenvalue weighted by Crippen LogP contribution is -2.43. The van der Waals surface area contributed by atoms with Crippen molar-refractivity contribution >= 4 is 15.5 Å². The molecule has 17 heavy (non-hydrogen) atoms. The van der Waals surface area contributed by atoms with Gasteiger partial charge in [0.25, 0.3) is 0 Å². The van der Waals surface area contributed by atoms with Crippen LogP contribution in [0.25, 0.3) is 0 Å². The van der Waals surface area contributed by atoms with E-state index in [1.54, 1.807) is 0 Å². The number of nitrogens with one attached hydrogen (secondary N) is 1. The van der Waals surface area contributed by atoms with E-state index in [1.165, 1.54) is 12.1 Å². The van der Waals surface area contributed by atoms with Crippen molar-refractivity contribution in [3.8, 4) is 0 Å². The van der Waals surface area contributed by atoms with E-state index in [9.17, 15) is 12.8 Å². The molecule has 0 spiro atoms. The summed E-state index contributed by atoms with van der Waals surface area (Å²) < 4.78 is 37.2. The van der Waals surface area contributed by atoms with Gasteiger partial charge in [0.2, 0.25) is 0 Å². The molecule has 0 amide bonds. The molecule has 0 saturated heterocycles. The molecule has 94 valence electrons. The van der Waals surface area contributed by atoms with Crippen molar-refractivity contribution in [2.24, 2.45) is 5.41 Å². The first kappa shape index (κ1) is 12.4. The summed E-state index contributed by atoms with van der Waals surface area (Å²) in [5, 5.41) is 3.17. The van der Waals surface area contributed by atoms with Crippen LogP contribution < -0.4 is 5.32 Å². The highest BCUT2D eigenvalue weighted by Gasteiger charge is 2.36. The van der Waals surface area contributed by atoms with Gasteiger partial charge in [-0.05, 0) is 23.6 Å². The second kappa shape index (κ2) is 3.70. The van der Waals surface area contributed by atoms with E-state index in [0.717, 1.165) is 6.07 Å². The van der Waals surface area contributed by atoms with Crippen LogP contribution in [0.2, 0.25) is 0 Å². The fourth-order valence-corrected chi connectivity index (χ4v) is 3.83. The zero-order chi connectivity index (χ0) is 12.8. The largest absolute Gasteiger partial charge is 0.380 e. The van der Waals surface area contributed by atoms with Crippen LogP contribution in [0.3, 0.4) is 0 Å². The van der Waals surface area contributed by atoms with Gasteiger partial charge in [-0.15, -0.1) is 0 Å². The van der Waals surface area contributed by atoms with Crippen LogP contribution in [-0.4, -0.2) is 20.2 Å². The minimum atomic E-state index is -3.40. The third-order valence-corrected chi connectivity index (χ3v) is 4.82. The molecule has 0 fully saturated rings. The molecule has 1 aromatic rings. The lowest BCUT2D eigenvalue weighted by molar-refractivity contribution is 0.356. The van der Waals surface area contributed by atoms with Gasteiger partial charge in [0.1, 0.15) is 5.82 Å². The molecule has 1 unspecified atom stereocenters. The van der Waals surface area contributed by atoms with Crippen LogP contribution in [0.4, 0.5) is 10.1 Å². The second-order valence-corrected chi connectivity index (χ2v) is 7.49. The van der Waals surface area contributed by atoms with Crippen molar-refractivity contribution in [3.63, 3.8) is 0 Å². The second-order valence-electron chi connectivity index (χ2n) is 5.48. The number of sulfone groups is 1. The molecular weight excluding hydrogens is 241 g/mol. The molecule has 0 aromatic heterocycles. The standard InChI is InChI=1S/C12H16FNO2S/c1-12(2,3)11-7-17(15,16)10-6-8(13)4-5-9(10)14-11/h4-6,11,14H,7H2,1-3H3. The van der Waals surface area contributed by atoms with Gasteiger partial charge in [0.05, 0.1) is 16.3 Å². The maximum atomic E-state index is 13.1. The Morgan fingerprint density at radius 3 is 2.59 bits per heavy atom. The average Bonchev–Trinajstić information content (AvgIpc) is 2.16. The number of hydrogen-bond acceptors (Lipinski definition) is 3. The maximum Gasteiger partial charge on any atom is 0.182 e. The van der Waals surface area contributed by atoms with Crippen LogP contribution in [0, 0.1) is 11.2 Å². The molecule has 0 radical (unpaired) electrons. The van der Waals surface area contributed by atoms with Gasteiger partial charge in [0, 0.05) is 6.04 Å². The normalized spacial score (nSPS) is 22.7. The number of anilines is 1. The molecule has 0 aliphatic carbocycles. The Balaban J connectivity index is 2.52. The summed E-state index contributed by atoms with van der Waals surface area (Å²) in [4.78, 5) is 0.0676. The maximum absolute atomic E-state index is 13.1. The fraction of sp³-hybridized carbons (Fsp3) is 0.500. The molecule has 3 nitrogen and oxygen atoms in total. The van der Waals surface area contributed by atoms with Gasteiger partial charge in [-0.3, -0.25) is 0 Å². The lowest BCUT2D eigenvalue weighted by Gasteiger charge is -2.36. The summed E-state index contributed by atoms with van der Waals surface area (Å²) in [5.74, 6) is -0.518. The van der Waals surface area contributed by atoms with Crippen LogP contribution in [-0.2, 0) is 9.84 Å². The fourth-order valence-electron chi connectivity index (χ4n) is 1.88. The summed E-state index contributed by atoms with van der Waals surface area (Å²) in [5.41, 5.74) is 0.330. The summed E-state index contributed by atoms with van der Waals surface area (Å²) in [6.07, 6.45) is 0. The quantitative estimate of drug-likeness (QED) is 0.776. The van der Waals surface area contributed by atoms with Crippen LogP contribution in [0.15, 0.2) is 23.1 Å². The van der Waals surface area contributed by atoms with E-state index in [-0.39, 0.29) is 22.1 Å². The van der Waals surface area contributed by atoms with Crippen LogP contribution >= 0.6 is 0 Å². The molecule has 1 N–H and O–H groups in total. The summed E-state index contributed by atoms with van der Waals surface area (Å²) in [6, 6.07) is 3.67. The third-order valence-electron chi connectivity index (χ3n) is 3.04. The first-order chi connectivity index (χ1) is 7.70. The summed E-state index contributed by atoms with van der Waals surface area (Å²) in [7, 11) is -3.40. The Kier molecular flexibility index (Phi) is 2.69. The van der Waals surface area contributed by atoms with E-state index >= 15 is 0 Å². The molecule has 1 atom stereocenters. The molecule has 1 aromatic carbocycles. The Hall–Kier alpha value is -1.10. The van der Waals surface area contributed by atoms with Crippen molar-refractivity contribution in [3.05, 3.63) is 24.0 Å². The molecule has 1 aliphatic rings. The van der Waals surface area contributed by atoms with E-state index in [0.29, 0.717) is 5.69 Å².